The van der Waals surface area contributed by atoms with Crippen molar-refractivity contribution in [1.82, 2.24) is 39.9 Å². The number of ether oxygens (including phenoxy) is 2. The van der Waals surface area contributed by atoms with Gasteiger partial charge in [0.05, 0.1) is 31.5 Å². The topological polar surface area (TPSA) is 171 Å². The number of rotatable bonds is 11. The molecular formula is C35H39ClN10O5S. The van der Waals surface area contributed by atoms with Crippen molar-refractivity contribution in [1.29, 1.82) is 0 Å². The Morgan fingerprint density at radius 2 is 1.94 bits per heavy atom. The maximum Gasteiger partial charge on any atom is 0.407 e. The monoisotopic (exact) mass is 746 g/mol. The number of nitrogens with zero attached hydrogens (tertiary/aromatic N) is 8. The Bertz CT molecular complexity index is 2140. The van der Waals surface area contributed by atoms with Gasteiger partial charge in [0.1, 0.15) is 23.3 Å². The minimum atomic E-state index is -0.562. The molecular weight excluding hydrogens is 708 g/mol. The summed E-state index contributed by atoms with van der Waals surface area (Å²) in [6.45, 7) is 7.69. The van der Waals surface area contributed by atoms with Gasteiger partial charge >= 0.3 is 6.09 Å². The highest BCUT2D eigenvalue weighted by Gasteiger charge is 2.27. The predicted molar refractivity (Wildman–Crippen MR) is 200 cm³/mol. The van der Waals surface area contributed by atoms with E-state index in [1.165, 1.54) is 26.7 Å². The van der Waals surface area contributed by atoms with Crippen molar-refractivity contribution in [3.8, 4) is 5.75 Å². The molecule has 0 spiro atoms. The van der Waals surface area contributed by atoms with E-state index in [0.29, 0.717) is 54.8 Å². The lowest BCUT2D eigenvalue weighted by Gasteiger charge is -2.33. The molecule has 1 saturated heterocycles. The van der Waals surface area contributed by atoms with Crippen LogP contribution in [0.4, 0.5) is 15.7 Å². The largest absolute Gasteiger partial charge is 0.497 e. The highest BCUT2D eigenvalue weighted by atomic mass is 35.5. The number of hydrogen-bond donors (Lipinski definition) is 2. The first-order valence-electron chi connectivity index (χ1n) is 16.7. The van der Waals surface area contributed by atoms with Gasteiger partial charge in [-0.3, -0.25) is 19.3 Å². The number of carbonyl (C=O) groups excluding carboxylic acids is 2. The van der Waals surface area contributed by atoms with Gasteiger partial charge < -0.3 is 19.7 Å². The van der Waals surface area contributed by atoms with Crippen molar-refractivity contribution in [2.75, 3.05) is 42.8 Å². The van der Waals surface area contributed by atoms with Crippen LogP contribution in [0, 0.1) is 0 Å². The lowest BCUT2D eigenvalue weighted by molar-refractivity contribution is 0.0886. The number of tetrazole rings is 1. The highest BCUT2D eigenvalue weighted by molar-refractivity contribution is 7.14. The van der Waals surface area contributed by atoms with Crippen LogP contribution in [0.1, 0.15) is 66.6 Å². The van der Waals surface area contributed by atoms with Crippen LogP contribution in [0.3, 0.4) is 0 Å². The Hall–Kier alpha value is -5.35. The number of aromatic nitrogens is 7. The summed E-state index contributed by atoms with van der Waals surface area (Å²) in [5, 5.41) is 20.6. The maximum absolute atomic E-state index is 14.1. The molecule has 1 aliphatic heterocycles. The number of methoxy groups -OCH3 is 1. The minimum absolute atomic E-state index is 0.160. The average molecular weight is 747 g/mol. The van der Waals surface area contributed by atoms with Crippen LogP contribution >= 0.6 is 22.9 Å². The third-order valence-electron chi connectivity index (χ3n) is 8.27. The van der Waals surface area contributed by atoms with Gasteiger partial charge in [-0.25, -0.2) is 14.8 Å². The summed E-state index contributed by atoms with van der Waals surface area (Å²) < 4.78 is 12.3. The van der Waals surface area contributed by atoms with Crippen molar-refractivity contribution in [3.05, 3.63) is 86.5 Å². The number of thiazole rings is 1. The molecule has 272 valence electrons. The summed E-state index contributed by atoms with van der Waals surface area (Å²) in [7, 11) is 1.61. The molecule has 52 heavy (non-hydrogen) atoms. The van der Waals surface area contributed by atoms with Crippen LogP contribution in [0.25, 0.3) is 17.8 Å². The zero-order valence-electron chi connectivity index (χ0n) is 29.2. The van der Waals surface area contributed by atoms with E-state index in [4.69, 9.17) is 26.1 Å². The first-order chi connectivity index (χ1) is 25.0. The van der Waals surface area contributed by atoms with Crippen molar-refractivity contribution >= 4 is 63.7 Å². The second-order valence-corrected chi connectivity index (χ2v) is 14.4. The third-order valence-corrected chi connectivity index (χ3v) is 9.21. The second-order valence-electron chi connectivity index (χ2n) is 13.1. The Morgan fingerprint density at radius 3 is 2.67 bits per heavy atom. The fourth-order valence-corrected chi connectivity index (χ4v) is 6.55. The summed E-state index contributed by atoms with van der Waals surface area (Å²) in [5.74, 6) is 1.29. The molecule has 4 aromatic heterocycles. The van der Waals surface area contributed by atoms with E-state index in [2.05, 4.69) is 51.8 Å². The summed E-state index contributed by atoms with van der Waals surface area (Å²) >= 11 is 7.06. The van der Waals surface area contributed by atoms with Crippen molar-refractivity contribution in [2.24, 2.45) is 0 Å². The molecule has 5 aromatic rings. The van der Waals surface area contributed by atoms with Crippen LogP contribution < -0.4 is 25.8 Å². The fraction of sp³-hybridized carbons (Fsp3) is 0.371. The van der Waals surface area contributed by atoms with Gasteiger partial charge in [0.2, 0.25) is 0 Å². The number of fused-ring (bicyclic) bond motifs is 1. The molecule has 0 aliphatic carbocycles. The number of carbonyl (C=O) groups is 2. The van der Waals surface area contributed by atoms with E-state index in [0.717, 1.165) is 17.0 Å². The quantitative estimate of drug-likeness (QED) is 0.177. The molecule has 1 atom stereocenters. The van der Waals surface area contributed by atoms with Crippen molar-refractivity contribution in [3.63, 3.8) is 0 Å². The summed E-state index contributed by atoms with van der Waals surface area (Å²) in [5.41, 5.74) is 2.15. The summed E-state index contributed by atoms with van der Waals surface area (Å²) in [4.78, 5) is 52.6. The first kappa shape index (κ1) is 36.4. The number of alkyl halides is 1. The standard InChI is InChI=1S/C35H39ClN10O5S/c1-35(2,3)27-21-52-33(38-27)40-31(47)23-13-17-45-29(18-23)39-30(44-16-5-6-25(20-44)51-34(49)37-15-14-36)26(32(45)48)11-12-28-41-43-46(42-28)19-22-7-9-24(50-4)10-8-22/h7-13,17-18,21,25H,5-6,14-16,19-20H2,1-4H3,(H,37,49)(H,38,40,47). The van der Waals surface area contributed by atoms with E-state index in [1.807, 2.05) is 34.5 Å². The molecule has 0 radical (unpaired) electrons. The number of halogens is 1. The zero-order valence-corrected chi connectivity index (χ0v) is 30.8. The SMILES string of the molecule is COc1ccc(Cn2nnc(C=Cc3c(N4CCCC(OC(=O)NCCCl)C4)nc4cc(C(=O)Nc5nc(C(C)(C)C)cs5)ccn4c3=O)n2)cc1. The zero-order chi connectivity index (χ0) is 36.8. The van der Waals surface area contributed by atoms with Gasteiger partial charge in [0, 0.05) is 41.5 Å². The third kappa shape index (κ3) is 8.74. The number of hydrogen-bond acceptors (Lipinski definition) is 12. The van der Waals surface area contributed by atoms with Gasteiger partial charge in [-0.05, 0) is 60.0 Å². The van der Waals surface area contributed by atoms with Crippen LogP contribution in [0.2, 0.25) is 0 Å². The smallest absolute Gasteiger partial charge is 0.407 e. The van der Waals surface area contributed by atoms with Crippen LogP contribution in [-0.4, -0.2) is 85.3 Å². The lowest BCUT2D eigenvalue weighted by Crippen LogP contribution is -2.43. The number of piperidine rings is 1. The maximum atomic E-state index is 14.1. The molecule has 2 amide bonds. The number of alkyl carbamates (subject to hydrolysis) is 1. The van der Waals surface area contributed by atoms with E-state index in [9.17, 15) is 14.4 Å². The van der Waals surface area contributed by atoms with Crippen LogP contribution in [-0.2, 0) is 16.7 Å². The van der Waals surface area contributed by atoms with Crippen LogP contribution in [0.15, 0.2) is 52.8 Å². The number of pyridine rings is 1. The molecule has 0 saturated carbocycles. The van der Waals surface area contributed by atoms with Gasteiger partial charge in [-0.1, -0.05) is 32.9 Å². The molecule has 1 aromatic carbocycles. The van der Waals surface area contributed by atoms with Gasteiger partial charge in [0.15, 0.2) is 11.0 Å². The average Bonchev–Trinajstić information content (AvgIpc) is 3.80. The van der Waals surface area contributed by atoms with Crippen molar-refractivity contribution < 1.29 is 19.1 Å². The highest BCUT2D eigenvalue weighted by Crippen LogP contribution is 2.27. The lowest BCUT2D eigenvalue weighted by atomic mass is 9.93. The second kappa shape index (κ2) is 15.9. The van der Waals surface area contributed by atoms with Gasteiger partial charge in [-0.2, -0.15) is 4.80 Å². The molecule has 1 aliphatic rings. The molecule has 1 fully saturated rings. The van der Waals surface area contributed by atoms with E-state index in [-0.39, 0.29) is 40.5 Å². The van der Waals surface area contributed by atoms with Crippen molar-refractivity contribution in [2.45, 2.75) is 51.7 Å². The Labute approximate surface area is 308 Å². The van der Waals surface area contributed by atoms with E-state index < -0.39 is 12.2 Å². The molecule has 5 heterocycles. The Balaban J connectivity index is 1.30. The number of benzene rings is 1. The van der Waals surface area contributed by atoms with Crippen LogP contribution in [0.5, 0.6) is 5.75 Å². The first-order valence-corrected chi connectivity index (χ1v) is 18.1. The van der Waals surface area contributed by atoms with Gasteiger partial charge in [-0.15, -0.1) is 33.1 Å². The van der Waals surface area contributed by atoms with E-state index in [1.54, 1.807) is 31.4 Å². The fourth-order valence-electron chi connectivity index (χ4n) is 5.52. The predicted octanol–water partition coefficient (Wildman–Crippen LogP) is 4.85. The normalized spacial score (nSPS) is 14.9. The number of nitrogens with one attached hydrogen (secondary N) is 2. The molecule has 0 bridgehead atoms. The Kier molecular flexibility index (Phi) is 11.1. The molecule has 15 nitrogen and oxygen atoms in total. The number of amides is 2. The molecule has 6 rings (SSSR count). The molecule has 1 unspecified atom stereocenters. The minimum Gasteiger partial charge on any atom is -0.497 e. The molecule has 2 N–H and O–H groups in total. The van der Waals surface area contributed by atoms with E-state index >= 15 is 0 Å². The molecule has 17 heteroatoms. The Morgan fingerprint density at radius 1 is 1.13 bits per heavy atom. The number of anilines is 2. The van der Waals surface area contributed by atoms with Gasteiger partial charge in [0.25, 0.3) is 11.5 Å². The summed E-state index contributed by atoms with van der Waals surface area (Å²) in [6.07, 6.45) is 5.05. The summed E-state index contributed by atoms with van der Waals surface area (Å²) in [6, 6.07) is 10.7.